The van der Waals surface area contributed by atoms with Gasteiger partial charge in [0.25, 0.3) is 5.56 Å². The molecule has 1 heterocycles. The highest BCUT2D eigenvalue weighted by Crippen LogP contribution is 2.14. The van der Waals surface area contributed by atoms with Gasteiger partial charge in [0.1, 0.15) is 5.82 Å². The first-order valence-corrected chi connectivity index (χ1v) is 5.90. The van der Waals surface area contributed by atoms with Gasteiger partial charge in [0.05, 0.1) is 10.9 Å². The molecule has 2 N–H and O–H groups in total. The number of benzene rings is 1. The number of rotatable bonds is 3. The summed E-state index contributed by atoms with van der Waals surface area (Å²) >= 11 is 0. The van der Waals surface area contributed by atoms with Crippen LogP contribution in [-0.2, 0) is 11.2 Å². The molecule has 0 bridgehead atoms. The second kappa shape index (κ2) is 5.00. The topological polar surface area (TPSA) is 74.8 Å². The van der Waals surface area contributed by atoms with Crippen LogP contribution in [0.4, 0.5) is 5.69 Å². The number of carbonyl (C=O) groups is 1. The molecule has 0 fully saturated rings. The van der Waals surface area contributed by atoms with Crippen molar-refractivity contribution in [3.8, 4) is 0 Å². The van der Waals surface area contributed by atoms with E-state index in [9.17, 15) is 9.59 Å². The number of anilines is 1. The van der Waals surface area contributed by atoms with Crippen LogP contribution in [0.3, 0.4) is 0 Å². The Morgan fingerprint density at radius 2 is 2.22 bits per heavy atom. The van der Waals surface area contributed by atoms with E-state index in [-0.39, 0.29) is 11.5 Å². The molecule has 0 unspecified atom stereocenters. The maximum absolute atomic E-state index is 11.9. The standard InChI is InChI=1S/C13H15N3O2/c1-3-4-12-15-11-6-5-9(14-8(2)17)7-10(11)13(18)16-12/h5-7H,3-4H2,1-2H3,(H,14,17)(H,15,16,18). The number of nitrogens with one attached hydrogen (secondary N) is 2. The predicted octanol–water partition coefficient (Wildman–Crippen LogP) is 1.83. The number of fused-ring (bicyclic) bond motifs is 1. The Bertz CT molecular complexity index is 646. The first-order chi connectivity index (χ1) is 8.60. The second-order valence-electron chi connectivity index (χ2n) is 4.18. The van der Waals surface area contributed by atoms with Gasteiger partial charge in [-0.2, -0.15) is 0 Å². The number of carbonyl (C=O) groups excluding carboxylic acids is 1. The molecule has 2 aromatic rings. The molecular formula is C13H15N3O2. The smallest absolute Gasteiger partial charge is 0.258 e. The van der Waals surface area contributed by atoms with Crippen molar-refractivity contribution in [2.24, 2.45) is 0 Å². The molecule has 0 atom stereocenters. The molecule has 18 heavy (non-hydrogen) atoms. The first-order valence-electron chi connectivity index (χ1n) is 5.90. The van der Waals surface area contributed by atoms with E-state index in [0.717, 1.165) is 12.8 Å². The number of aryl methyl sites for hydroxylation is 1. The van der Waals surface area contributed by atoms with E-state index in [4.69, 9.17) is 0 Å². The van der Waals surface area contributed by atoms with Gasteiger partial charge in [-0.25, -0.2) is 4.98 Å². The summed E-state index contributed by atoms with van der Waals surface area (Å²) in [5.41, 5.74) is 1.08. The van der Waals surface area contributed by atoms with Crippen molar-refractivity contribution in [3.05, 3.63) is 34.4 Å². The lowest BCUT2D eigenvalue weighted by molar-refractivity contribution is -0.114. The molecule has 0 saturated carbocycles. The van der Waals surface area contributed by atoms with Gasteiger partial charge in [-0.15, -0.1) is 0 Å². The normalized spacial score (nSPS) is 10.6. The van der Waals surface area contributed by atoms with Crippen molar-refractivity contribution >= 4 is 22.5 Å². The molecule has 0 aliphatic rings. The van der Waals surface area contributed by atoms with E-state index in [1.54, 1.807) is 18.2 Å². The summed E-state index contributed by atoms with van der Waals surface area (Å²) in [4.78, 5) is 30.0. The molecule has 0 radical (unpaired) electrons. The Morgan fingerprint density at radius 3 is 2.89 bits per heavy atom. The van der Waals surface area contributed by atoms with Crippen LogP contribution in [-0.4, -0.2) is 15.9 Å². The van der Waals surface area contributed by atoms with E-state index < -0.39 is 0 Å². The average molecular weight is 245 g/mol. The van der Waals surface area contributed by atoms with E-state index in [2.05, 4.69) is 15.3 Å². The Kier molecular flexibility index (Phi) is 3.41. The van der Waals surface area contributed by atoms with Gasteiger partial charge in [0.15, 0.2) is 0 Å². The summed E-state index contributed by atoms with van der Waals surface area (Å²) in [6, 6.07) is 5.12. The molecule has 1 aromatic heterocycles. The SMILES string of the molecule is CCCc1nc2ccc(NC(C)=O)cc2c(=O)[nH]1. The van der Waals surface area contributed by atoms with Crippen LogP contribution < -0.4 is 10.9 Å². The summed E-state index contributed by atoms with van der Waals surface area (Å²) in [6.07, 6.45) is 1.68. The monoisotopic (exact) mass is 245 g/mol. The van der Waals surface area contributed by atoms with Crippen molar-refractivity contribution in [3.63, 3.8) is 0 Å². The number of aromatic amines is 1. The molecule has 1 aromatic carbocycles. The Hall–Kier alpha value is -2.17. The Balaban J connectivity index is 2.51. The number of aromatic nitrogens is 2. The van der Waals surface area contributed by atoms with Crippen molar-refractivity contribution in [2.75, 3.05) is 5.32 Å². The number of nitrogens with zero attached hydrogens (tertiary/aromatic N) is 1. The lowest BCUT2D eigenvalue weighted by atomic mass is 10.2. The molecule has 2 rings (SSSR count). The highest BCUT2D eigenvalue weighted by molar-refractivity contribution is 5.91. The van der Waals surface area contributed by atoms with Crippen molar-refractivity contribution in [1.82, 2.24) is 9.97 Å². The van der Waals surface area contributed by atoms with Gasteiger partial charge >= 0.3 is 0 Å². The largest absolute Gasteiger partial charge is 0.326 e. The third kappa shape index (κ3) is 2.56. The maximum atomic E-state index is 11.9. The summed E-state index contributed by atoms with van der Waals surface area (Å²) in [5.74, 6) is 0.531. The van der Waals surface area contributed by atoms with E-state index >= 15 is 0 Å². The summed E-state index contributed by atoms with van der Waals surface area (Å²) in [6.45, 7) is 3.46. The zero-order chi connectivity index (χ0) is 13.1. The fourth-order valence-corrected chi connectivity index (χ4v) is 1.82. The highest BCUT2D eigenvalue weighted by Gasteiger charge is 2.05. The minimum absolute atomic E-state index is 0.165. The van der Waals surface area contributed by atoms with Gasteiger partial charge in [-0.05, 0) is 24.6 Å². The first kappa shape index (κ1) is 12.3. The molecule has 5 nitrogen and oxygen atoms in total. The number of hydrogen-bond acceptors (Lipinski definition) is 3. The lowest BCUT2D eigenvalue weighted by Crippen LogP contribution is -2.13. The van der Waals surface area contributed by atoms with Crippen LogP contribution in [0.2, 0.25) is 0 Å². The molecular weight excluding hydrogens is 230 g/mol. The van der Waals surface area contributed by atoms with Crippen molar-refractivity contribution in [1.29, 1.82) is 0 Å². The van der Waals surface area contributed by atoms with Gasteiger partial charge < -0.3 is 10.3 Å². The minimum atomic E-state index is -0.171. The van der Waals surface area contributed by atoms with Crippen molar-refractivity contribution in [2.45, 2.75) is 26.7 Å². The fourth-order valence-electron chi connectivity index (χ4n) is 1.82. The molecule has 5 heteroatoms. The Morgan fingerprint density at radius 1 is 1.44 bits per heavy atom. The average Bonchev–Trinajstić information content (AvgIpc) is 2.30. The Labute approximate surface area is 104 Å². The minimum Gasteiger partial charge on any atom is -0.326 e. The van der Waals surface area contributed by atoms with Crippen LogP contribution in [0.5, 0.6) is 0 Å². The maximum Gasteiger partial charge on any atom is 0.258 e. The fraction of sp³-hybridized carbons (Fsp3) is 0.308. The van der Waals surface area contributed by atoms with Gasteiger partial charge in [-0.1, -0.05) is 6.92 Å². The number of amides is 1. The quantitative estimate of drug-likeness (QED) is 0.866. The molecule has 94 valence electrons. The van der Waals surface area contributed by atoms with Crippen LogP contribution in [0.1, 0.15) is 26.1 Å². The third-order valence-electron chi connectivity index (χ3n) is 2.56. The predicted molar refractivity (Wildman–Crippen MR) is 70.7 cm³/mol. The second-order valence-corrected chi connectivity index (χ2v) is 4.18. The van der Waals surface area contributed by atoms with Crippen LogP contribution in [0.15, 0.2) is 23.0 Å². The zero-order valence-corrected chi connectivity index (χ0v) is 10.4. The summed E-state index contributed by atoms with van der Waals surface area (Å²) in [7, 11) is 0. The molecule has 0 spiro atoms. The zero-order valence-electron chi connectivity index (χ0n) is 10.4. The van der Waals surface area contributed by atoms with Crippen LogP contribution in [0, 0.1) is 0 Å². The van der Waals surface area contributed by atoms with Gasteiger partial charge in [-0.3, -0.25) is 9.59 Å². The van der Waals surface area contributed by atoms with Gasteiger partial charge in [0.2, 0.25) is 5.91 Å². The molecule has 0 aliphatic carbocycles. The van der Waals surface area contributed by atoms with Crippen LogP contribution in [0.25, 0.3) is 10.9 Å². The van der Waals surface area contributed by atoms with E-state index in [1.807, 2.05) is 6.92 Å². The summed E-state index contributed by atoms with van der Waals surface area (Å²) in [5, 5.41) is 3.13. The number of H-pyrrole nitrogens is 1. The summed E-state index contributed by atoms with van der Waals surface area (Å²) < 4.78 is 0. The van der Waals surface area contributed by atoms with Gasteiger partial charge in [0, 0.05) is 19.0 Å². The van der Waals surface area contributed by atoms with E-state index in [1.165, 1.54) is 6.92 Å². The van der Waals surface area contributed by atoms with Crippen LogP contribution >= 0.6 is 0 Å². The molecule has 0 aliphatic heterocycles. The lowest BCUT2D eigenvalue weighted by Gasteiger charge is -2.05. The third-order valence-corrected chi connectivity index (χ3v) is 2.56. The van der Waals surface area contributed by atoms with Crippen molar-refractivity contribution < 1.29 is 4.79 Å². The highest BCUT2D eigenvalue weighted by atomic mass is 16.1. The molecule has 0 saturated heterocycles. The number of hydrogen-bond donors (Lipinski definition) is 2. The molecule has 1 amide bonds. The van der Waals surface area contributed by atoms with E-state index in [0.29, 0.717) is 22.4 Å².